The zero-order valence-corrected chi connectivity index (χ0v) is 11.2. The molecule has 0 bridgehead atoms. The minimum Gasteiger partial charge on any atom is -0.383 e. The fourth-order valence-electron chi connectivity index (χ4n) is 1.94. The maximum Gasteiger partial charge on any atom is 0.239 e. The van der Waals surface area contributed by atoms with Crippen LogP contribution in [0.2, 0.25) is 0 Å². The summed E-state index contributed by atoms with van der Waals surface area (Å²) in [7, 11) is 3.25. The first-order valence-corrected chi connectivity index (χ1v) is 6.33. The molecule has 1 saturated heterocycles. The van der Waals surface area contributed by atoms with Crippen LogP contribution in [0.5, 0.6) is 0 Å². The molecule has 1 rings (SSSR count). The molecule has 1 heterocycles. The number of nitrogens with zero attached hydrogens (tertiary/aromatic N) is 1. The minimum absolute atomic E-state index is 0.0330. The number of rotatable bonds is 7. The van der Waals surface area contributed by atoms with E-state index in [9.17, 15) is 9.59 Å². The van der Waals surface area contributed by atoms with E-state index in [2.05, 4.69) is 10.6 Å². The third-order valence-electron chi connectivity index (χ3n) is 3.06. The van der Waals surface area contributed by atoms with Gasteiger partial charge in [-0.2, -0.15) is 0 Å². The molecule has 6 nitrogen and oxygen atoms in total. The molecule has 1 aliphatic heterocycles. The highest BCUT2D eigenvalue weighted by Gasteiger charge is 2.21. The molecule has 1 atom stereocenters. The van der Waals surface area contributed by atoms with Gasteiger partial charge < -0.3 is 20.3 Å². The number of methoxy groups -OCH3 is 1. The normalized spacial score (nSPS) is 18.7. The number of hydrogen-bond acceptors (Lipinski definition) is 4. The molecule has 0 aliphatic carbocycles. The highest BCUT2D eigenvalue weighted by atomic mass is 16.5. The summed E-state index contributed by atoms with van der Waals surface area (Å²) in [6, 6.07) is 0. The lowest BCUT2D eigenvalue weighted by Crippen LogP contribution is -2.40. The van der Waals surface area contributed by atoms with E-state index < -0.39 is 0 Å². The first kappa shape index (κ1) is 14.9. The van der Waals surface area contributed by atoms with E-state index in [1.807, 2.05) is 0 Å². The van der Waals surface area contributed by atoms with Crippen molar-refractivity contribution in [1.29, 1.82) is 0 Å². The van der Waals surface area contributed by atoms with Gasteiger partial charge in [0.05, 0.1) is 13.2 Å². The van der Waals surface area contributed by atoms with Crippen LogP contribution in [0, 0.1) is 5.92 Å². The van der Waals surface area contributed by atoms with Gasteiger partial charge in [-0.25, -0.2) is 0 Å². The molecular weight excluding hydrogens is 234 g/mol. The van der Waals surface area contributed by atoms with E-state index in [0.29, 0.717) is 25.5 Å². The van der Waals surface area contributed by atoms with Crippen molar-refractivity contribution in [3.63, 3.8) is 0 Å². The fraction of sp³-hybridized carbons (Fsp3) is 0.833. The average Bonchev–Trinajstić information content (AvgIpc) is 2.82. The maximum atomic E-state index is 11.9. The molecule has 0 saturated carbocycles. The monoisotopic (exact) mass is 257 g/mol. The number of amides is 2. The largest absolute Gasteiger partial charge is 0.383 e. The van der Waals surface area contributed by atoms with Crippen LogP contribution < -0.4 is 10.6 Å². The first-order valence-electron chi connectivity index (χ1n) is 6.33. The maximum absolute atomic E-state index is 11.9. The summed E-state index contributed by atoms with van der Waals surface area (Å²) in [5.41, 5.74) is 0. The summed E-state index contributed by atoms with van der Waals surface area (Å²) in [5.74, 6) is 0.301. The van der Waals surface area contributed by atoms with Gasteiger partial charge in [0.15, 0.2) is 0 Å². The highest BCUT2D eigenvalue weighted by Crippen LogP contribution is 2.13. The molecule has 1 fully saturated rings. The SMILES string of the molecule is COCCNC(=O)CN(C)C(=O)CC1CCNC1. The van der Waals surface area contributed by atoms with E-state index >= 15 is 0 Å². The van der Waals surface area contributed by atoms with Crippen molar-refractivity contribution in [2.45, 2.75) is 12.8 Å². The number of carbonyl (C=O) groups is 2. The summed E-state index contributed by atoms with van der Waals surface area (Å²) in [5, 5.41) is 5.92. The Morgan fingerprint density at radius 1 is 1.50 bits per heavy atom. The second kappa shape index (κ2) is 8.05. The number of ether oxygens (including phenoxy) is 1. The lowest BCUT2D eigenvalue weighted by atomic mass is 10.0. The van der Waals surface area contributed by atoms with E-state index in [4.69, 9.17) is 4.74 Å². The Morgan fingerprint density at radius 3 is 2.89 bits per heavy atom. The van der Waals surface area contributed by atoms with Gasteiger partial charge in [0.2, 0.25) is 11.8 Å². The molecule has 0 aromatic heterocycles. The predicted molar refractivity (Wildman–Crippen MR) is 68.1 cm³/mol. The predicted octanol–water partition coefficient (Wildman–Crippen LogP) is -0.793. The van der Waals surface area contributed by atoms with Gasteiger partial charge in [-0.05, 0) is 25.4 Å². The van der Waals surface area contributed by atoms with Crippen molar-refractivity contribution >= 4 is 11.8 Å². The molecule has 0 aromatic rings. The number of likely N-dealkylation sites (N-methyl/N-ethyl adjacent to an activating group) is 1. The summed E-state index contributed by atoms with van der Waals surface area (Å²) in [6.07, 6.45) is 1.56. The molecular formula is C12H23N3O3. The lowest BCUT2D eigenvalue weighted by molar-refractivity contribution is -0.135. The van der Waals surface area contributed by atoms with Crippen LogP contribution >= 0.6 is 0 Å². The van der Waals surface area contributed by atoms with Crippen LogP contribution in [0.15, 0.2) is 0 Å². The molecule has 2 amide bonds. The number of carbonyl (C=O) groups excluding carboxylic acids is 2. The van der Waals surface area contributed by atoms with E-state index in [-0.39, 0.29) is 18.4 Å². The van der Waals surface area contributed by atoms with Crippen molar-refractivity contribution in [1.82, 2.24) is 15.5 Å². The molecule has 0 radical (unpaired) electrons. The molecule has 18 heavy (non-hydrogen) atoms. The highest BCUT2D eigenvalue weighted by molar-refractivity contribution is 5.84. The molecule has 0 spiro atoms. The van der Waals surface area contributed by atoms with Gasteiger partial charge >= 0.3 is 0 Å². The van der Waals surface area contributed by atoms with E-state index in [1.54, 1.807) is 14.2 Å². The summed E-state index contributed by atoms with van der Waals surface area (Å²) in [6.45, 7) is 2.96. The van der Waals surface area contributed by atoms with E-state index in [1.165, 1.54) is 4.90 Å². The van der Waals surface area contributed by atoms with Crippen LogP contribution in [0.3, 0.4) is 0 Å². The fourth-order valence-corrected chi connectivity index (χ4v) is 1.94. The molecule has 1 aliphatic rings. The molecule has 1 unspecified atom stereocenters. The molecule has 2 N–H and O–H groups in total. The second-order valence-electron chi connectivity index (χ2n) is 4.66. The van der Waals surface area contributed by atoms with E-state index in [0.717, 1.165) is 19.5 Å². The molecule has 104 valence electrons. The van der Waals surface area contributed by atoms with Crippen LogP contribution in [-0.4, -0.2) is 63.7 Å². The van der Waals surface area contributed by atoms with Gasteiger partial charge in [-0.15, -0.1) is 0 Å². The smallest absolute Gasteiger partial charge is 0.239 e. The Bertz CT molecular complexity index is 278. The Balaban J connectivity index is 2.19. The Morgan fingerprint density at radius 2 is 2.28 bits per heavy atom. The number of nitrogens with one attached hydrogen (secondary N) is 2. The van der Waals surface area contributed by atoms with Crippen molar-refractivity contribution in [2.24, 2.45) is 5.92 Å². The second-order valence-corrected chi connectivity index (χ2v) is 4.66. The van der Waals surface area contributed by atoms with Crippen LogP contribution in [-0.2, 0) is 14.3 Å². The zero-order chi connectivity index (χ0) is 13.4. The Kier molecular flexibility index (Phi) is 6.67. The van der Waals surface area contributed by atoms with Gasteiger partial charge in [-0.1, -0.05) is 0 Å². The van der Waals surface area contributed by atoms with Gasteiger partial charge in [0.1, 0.15) is 0 Å². The van der Waals surface area contributed by atoms with Crippen molar-refractivity contribution in [3.05, 3.63) is 0 Å². The van der Waals surface area contributed by atoms with Crippen LogP contribution in [0.1, 0.15) is 12.8 Å². The summed E-state index contributed by atoms with van der Waals surface area (Å²) in [4.78, 5) is 24.8. The van der Waals surface area contributed by atoms with Crippen molar-refractivity contribution < 1.29 is 14.3 Å². The molecule has 6 heteroatoms. The Labute approximate surface area is 108 Å². The number of hydrogen-bond donors (Lipinski definition) is 2. The van der Waals surface area contributed by atoms with Gasteiger partial charge in [0.25, 0.3) is 0 Å². The van der Waals surface area contributed by atoms with Crippen molar-refractivity contribution in [2.75, 3.05) is 46.9 Å². The quantitative estimate of drug-likeness (QED) is 0.586. The average molecular weight is 257 g/mol. The topological polar surface area (TPSA) is 70.7 Å². The minimum atomic E-state index is -0.146. The van der Waals surface area contributed by atoms with Gasteiger partial charge in [0, 0.05) is 27.1 Å². The zero-order valence-electron chi connectivity index (χ0n) is 11.2. The standard InChI is InChI=1S/C12H23N3O3/c1-15(9-11(16)14-5-6-18-2)12(17)7-10-3-4-13-8-10/h10,13H,3-9H2,1-2H3,(H,14,16). The lowest BCUT2D eigenvalue weighted by Gasteiger charge is -2.18. The molecule has 0 aromatic carbocycles. The third kappa shape index (κ3) is 5.46. The Hall–Kier alpha value is -1.14. The van der Waals surface area contributed by atoms with Gasteiger partial charge in [-0.3, -0.25) is 9.59 Å². The van der Waals surface area contributed by atoms with Crippen molar-refractivity contribution in [3.8, 4) is 0 Å². The first-order chi connectivity index (χ1) is 8.63. The third-order valence-corrected chi connectivity index (χ3v) is 3.06. The summed E-state index contributed by atoms with van der Waals surface area (Å²) < 4.78 is 4.83. The van der Waals surface area contributed by atoms with Crippen LogP contribution in [0.25, 0.3) is 0 Å². The van der Waals surface area contributed by atoms with Crippen LogP contribution in [0.4, 0.5) is 0 Å². The summed E-state index contributed by atoms with van der Waals surface area (Å²) >= 11 is 0.